The number of halogens is 4. The third kappa shape index (κ3) is 5.51. The Hall–Kier alpha value is -4.36. The van der Waals surface area contributed by atoms with Crippen LogP contribution in [0.4, 0.5) is 28.8 Å². The van der Waals surface area contributed by atoms with Gasteiger partial charge in [0.2, 0.25) is 0 Å². The van der Waals surface area contributed by atoms with Crippen LogP contribution in [0.2, 0.25) is 5.02 Å². The highest BCUT2D eigenvalue weighted by Crippen LogP contribution is 2.52. The monoisotopic (exact) mass is 740 g/mol. The van der Waals surface area contributed by atoms with Crippen molar-refractivity contribution in [2.75, 3.05) is 49.7 Å². The van der Waals surface area contributed by atoms with Crippen molar-refractivity contribution >= 4 is 60.8 Å². The average Bonchev–Trinajstić information content (AvgIpc) is 3.73. The molecule has 0 saturated carbocycles. The summed E-state index contributed by atoms with van der Waals surface area (Å²) in [4.78, 5) is 25.0. The van der Waals surface area contributed by atoms with Gasteiger partial charge in [0.05, 0.1) is 44.9 Å². The SMILES string of the molecule is C=C[C@H]1COc2c(Cl)c(-c3ccc(F)c4sc(NC(=O)O)c(C#N)c34)c(F)c3nc(OC[C@@]45CCCN4C[C@H](F)C5)nc(c23)N1C1CCCOC1. The molecule has 4 aliphatic heterocycles. The predicted octanol–water partition coefficient (Wildman–Crippen LogP) is 7.29. The van der Waals surface area contributed by atoms with Crippen LogP contribution in [-0.2, 0) is 4.74 Å². The van der Waals surface area contributed by atoms with E-state index in [0.29, 0.717) is 43.3 Å². The molecule has 0 aliphatic carbocycles. The van der Waals surface area contributed by atoms with Crippen LogP contribution in [-0.4, -0.2) is 89.4 Å². The minimum atomic E-state index is -1.45. The highest BCUT2D eigenvalue weighted by molar-refractivity contribution is 7.23. The number of nitrogens with zero attached hydrogens (tertiary/aromatic N) is 5. The summed E-state index contributed by atoms with van der Waals surface area (Å²) in [6, 6.07) is 3.56. The molecule has 0 radical (unpaired) electrons. The molecular formula is C35H32ClF3N6O5S. The van der Waals surface area contributed by atoms with Gasteiger partial charge in [-0.15, -0.1) is 17.9 Å². The normalized spacial score (nSPS) is 24.6. The Kier molecular flexibility index (Phi) is 8.61. The molecule has 3 fully saturated rings. The van der Waals surface area contributed by atoms with Gasteiger partial charge in [0.15, 0.2) is 11.6 Å². The first-order valence-electron chi connectivity index (χ1n) is 16.7. The zero-order chi connectivity index (χ0) is 35.6. The second-order valence-electron chi connectivity index (χ2n) is 13.3. The number of hydrogen-bond donors (Lipinski definition) is 2. The molecule has 1 amide bonds. The van der Waals surface area contributed by atoms with Gasteiger partial charge in [-0.1, -0.05) is 23.7 Å². The number of nitriles is 1. The van der Waals surface area contributed by atoms with Crippen molar-refractivity contribution in [3.63, 3.8) is 0 Å². The molecule has 3 saturated heterocycles. The quantitative estimate of drug-likeness (QED) is 0.186. The summed E-state index contributed by atoms with van der Waals surface area (Å²) in [5.41, 5.74) is -1.11. The first-order chi connectivity index (χ1) is 24.6. The summed E-state index contributed by atoms with van der Waals surface area (Å²) in [6.07, 6.45) is 2.76. The van der Waals surface area contributed by atoms with Crippen molar-refractivity contribution in [3.05, 3.63) is 47.0 Å². The number of hydrogen-bond acceptors (Lipinski definition) is 10. The molecule has 0 bridgehead atoms. The minimum absolute atomic E-state index is 0.0228. The molecule has 2 N–H and O–H groups in total. The lowest BCUT2D eigenvalue weighted by Gasteiger charge is -2.38. The van der Waals surface area contributed by atoms with E-state index in [4.69, 9.17) is 30.8 Å². The molecule has 2 aromatic heterocycles. The Morgan fingerprint density at radius 2 is 2.14 bits per heavy atom. The number of aromatic nitrogens is 2. The van der Waals surface area contributed by atoms with Crippen LogP contribution in [0.25, 0.3) is 32.1 Å². The number of ether oxygens (including phenoxy) is 3. The third-order valence-electron chi connectivity index (χ3n) is 10.4. The molecule has 4 atom stereocenters. The van der Waals surface area contributed by atoms with Gasteiger partial charge in [0, 0.05) is 30.5 Å². The lowest BCUT2D eigenvalue weighted by molar-refractivity contribution is 0.0763. The van der Waals surface area contributed by atoms with E-state index >= 15 is 8.78 Å². The molecule has 1 unspecified atom stereocenters. The van der Waals surface area contributed by atoms with Gasteiger partial charge in [0.1, 0.15) is 47.6 Å². The maximum absolute atomic E-state index is 17.4. The van der Waals surface area contributed by atoms with E-state index in [1.54, 1.807) is 6.08 Å². The molecular weight excluding hydrogens is 709 g/mol. The molecule has 11 nitrogen and oxygen atoms in total. The first kappa shape index (κ1) is 33.8. The molecule has 51 heavy (non-hydrogen) atoms. The topological polar surface area (TPSA) is 133 Å². The lowest BCUT2D eigenvalue weighted by atomic mass is 9.95. The Labute approximate surface area is 299 Å². The third-order valence-corrected chi connectivity index (χ3v) is 11.8. The van der Waals surface area contributed by atoms with Crippen molar-refractivity contribution in [2.24, 2.45) is 0 Å². The van der Waals surface area contributed by atoms with Crippen molar-refractivity contribution in [1.82, 2.24) is 14.9 Å². The van der Waals surface area contributed by atoms with Crippen molar-refractivity contribution in [1.29, 1.82) is 5.26 Å². The van der Waals surface area contributed by atoms with Gasteiger partial charge >= 0.3 is 12.1 Å². The van der Waals surface area contributed by atoms with E-state index in [-0.39, 0.29) is 78.7 Å². The number of anilines is 2. The number of amides is 1. The number of carbonyl (C=O) groups is 1. The Bertz CT molecular complexity index is 2140. The molecule has 4 aromatic rings. The van der Waals surface area contributed by atoms with Gasteiger partial charge in [-0.05, 0) is 43.9 Å². The predicted molar refractivity (Wildman–Crippen MR) is 186 cm³/mol. The van der Waals surface area contributed by atoms with Gasteiger partial charge in [-0.3, -0.25) is 10.2 Å². The Morgan fingerprint density at radius 3 is 2.88 bits per heavy atom. The van der Waals surface area contributed by atoms with Gasteiger partial charge in [-0.2, -0.15) is 15.2 Å². The number of benzene rings is 2. The van der Waals surface area contributed by atoms with E-state index in [0.717, 1.165) is 38.3 Å². The van der Waals surface area contributed by atoms with Crippen LogP contribution < -0.4 is 19.7 Å². The summed E-state index contributed by atoms with van der Waals surface area (Å²) in [7, 11) is 0. The molecule has 16 heteroatoms. The first-order valence-corrected chi connectivity index (χ1v) is 17.8. The van der Waals surface area contributed by atoms with E-state index in [2.05, 4.69) is 21.8 Å². The summed E-state index contributed by atoms with van der Waals surface area (Å²) in [6.45, 7) is 6.25. The summed E-state index contributed by atoms with van der Waals surface area (Å²) >= 11 is 7.78. The van der Waals surface area contributed by atoms with Crippen molar-refractivity contribution in [3.8, 4) is 29.0 Å². The standard InChI is InChI=1S/C35H32ClF3N6O5S/c1-2-18-15-49-29-25-28(27(39)24(26(29)36)20-6-7-22(38)30-23(20)21(12-40)32(51-30)43-34(46)47)41-33(42-31(25)45(18)19-5-3-10-48-14-19)50-16-35-8-4-9-44(35)13-17(37)11-35/h2,6-7,17-19,43H,1,3-5,8-11,13-16H2,(H,46,47)/t17-,18+,19?,35+/m1/s1. The molecule has 0 spiro atoms. The molecule has 266 valence electrons. The number of alkyl halides is 1. The summed E-state index contributed by atoms with van der Waals surface area (Å²) in [5.74, 6) is -1.27. The van der Waals surface area contributed by atoms with Gasteiger partial charge in [-0.25, -0.2) is 18.0 Å². The zero-order valence-corrected chi connectivity index (χ0v) is 28.8. The highest BCUT2D eigenvalue weighted by Gasteiger charge is 2.49. The fourth-order valence-corrected chi connectivity index (χ4v) is 9.56. The van der Waals surface area contributed by atoms with E-state index in [1.807, 2.05) is 11.0 Å². The molecule has 8 rings (SSSR count). The minimum Gasteiger partial charge on any atom is -0.489 e. The van der Waals surface area contributed by atoms with Crippen molar-refractivity contribution < 1.29 is 37.3 Å². The zero-order valence-electron chi connectivity index (χ0n) is 27.2. The second kappa shape index (κ2) is 13.0. The lowest BCUT2D eigenvalue weighted by Crippen LogP contribution is -2.49. The Balaban J connectivity index is 1.36. The van der Waals surface area contributed by atoms with Crippen LogP contribution in [0.3, 0.4) is 0 Å². The van der Waals surface area contributed by atoms with Gasteiger partial charge < -0.3 is 24.2 Å². The maximum atomic E-state index is 17.4. The number of rotatable bonds is 7. The molecule has 2 aromatic carbocycles. The van der Waals surface area contributed by atoms with Crippen molar-refractivity contribution in [2.45, 2.75) is 55.9 Å². The van der Waals surface area contributed by atoms with Gasteiger partial charge in [0.25, 0.3) is 0 Å². The maximum Gasteiger partial charge on any atom is 0.409 e. The fraction of sp³-hybridized carbons (Fsp3) is 0.429. The van der Waals surface area contributed by atoms with Crippen LogP contribution in [0.15, 0.2) is 24.8 Å². The molecule has 6 heterocycles. The largest absolute Gasteiger partial charge is 0.489 e. The summed E-state index contributed by atoms with van der Waals surface area (Å²) < 4.78 is 65.7. The average molecular weight is 741 g/mol. The van der Waals surface area contributed by atoms with Crippen LogP contribution in [0.5, 0.6) is 11.8 Å². The second-order valence-corrected chi connectivity index (χ2v) is 14.7. The van der Waals surface area contributed by atoms with E-state index in [1.165, 1.54) is 6.07 Å². The number of fused-ring (bicyclic) bond motifs is 2. The van der Waals surface area contributed by atoms with Crippen LogP contribution >= 0.6 is 22.9 Å². The highest BCUT2D eigenvalue weighted by atomic mass is 35.5. The van der Waals surface area contributed by atoms with Crippen LogP contribution in [0.1, 0.15) is 37.7 Å². The smallest absolute Gasteiger partial charge is 0.409 e. The molecule has 4 aliphatic rings. The van der Waals surface area contributed by atoms with E-state index in [9.17, 15) is 19.6 Å². The number of thiophene rings is 1. The summed E-state index contributed by atoms with van der Waals surface area (Å²) in [5, 5.41) is 21.5. The fourth-order valence-electron chi connectivity index (χ4n) is 8.15. The van der Waals surface area contributed by atoms with E-state index < -0.39 is 35.5 Å². The number of nitrogens with one attached hydrogen (secondary N) is 1. The number of carboxylic acid groups (broad SMARTS) is 1. The Morgan fingerprint density at radius 1 is 1.29 bits per heavy atom. The van der Waals surface area contributed by atoms with Crippen LogP contribution in [0, 0.1) is 23.0 Å².